The number of amides is 1. The zero-order chi connectivity index (χ0) is 20.3. The van der Waals surface area contributed by atoms with Crippen LogP contribution in [0, 0.1) is 5.92 Å². The highest BCUT2D eigenvalue weighted by molar-refractivity contribution is 6.30. The smallest absolute Gasteiger partial charge is 0.221 e. The van der Waals surface area contributed by atoms with Crippen molar-refractivity contribution in [3.8, 4) is 0 Å². The lowest BCUT2D eigenvalue weighted by atomic mass is 9.88. The average Bonchev–Trinajstić information content (AvgIpc) is 3.04. The fourth-order valence-electron chi connectivity index (χ4n) is 3.61. The summed E-state index contributed by atoms with van der Waals surface area (Å²) in [6, 6.07) is 16.4. The van der Waals surface area contributed by atoms with Crippen molar-refractivity contribution in [1.29, 1.82) is 0 Å². The van der Waals surface area contributed by atoms with E-state index < -0.39 is 0 Å². The second-order valence-electron chi connectivity index (χ2n) is 7.80. The molecule has 0 aliphatic carbocycles. The standard InChI is InChI=1S/C24H29ClN2O/c1-5-27-15-22(20-11-6-7-12-23(20)27)21(18-9-8-10-19(25)13-18)14-24(28)26-17(4)16(2)3/h6-13,15-17,21H,5,14H2,1-4H3,(H,26,28). The van der Waals surface area contributed by atoms with Gasteiger partial charge in [0.25, 0.3) is 0 Å². The average molecular weight is 397 g/mol. The van der Waals surface area contributed by atoms with Crippen molar-refractivity contribution < 1.29 is 4.79 Å². The summed E-state index contributed by atoms with van der Waals surface area (Å²) in [4.78, 5) is 12.9. The SMILES string of the molecule is CCn1cc(C(CC(=O)NC(C)C(C)C)c2cccc(Cl)c2)c2ccccc21. The maximum atomic E-state index is 12.9. The normalized spacial score (nSPS) is 13.6. The molecule has 148 valence electrons. The number of hydrogen-bond acceptors (Lipinski definition) is 1. The van der Waals surface area contributed by atoms with Crippen LogP contribution in [0.15, 0.2) is 54.7 Å². The molecule has 3 rings (SSSR count). The number of nitrogens with one attached hydrogen (secondary N) is 1. The molecule has 3 nitrogen and oxygen atoms in total. The number of rotatable bonds is 7. The first kappa shape index (κ1) is 20.5. The van der Waals surface area contributed by atoms with Crippen molar-refractivity contribution in [1.82, 2.24) is 9.88 Å². The van der Waals surface area contributed by atoms with Gasteiger partial charge in [-0.25, -0.2) is 0 Å². The van der Waals surface area contributed by atoms with Gasteiger partial charge in [-0.3, -0.25) is 4.79 Å². The number of fused-ring (bicyclic) bond motifs is 1. The van der Waals surface area contributed by atoms with Crippen LogP contribution in [0.3, 0.4) is 0 Å². The third-order valence-corrected chi connectivity index (χ3v) is 5.80. The molecule has 2 atom stereocenters. The van der Waals surface area contributed by atoms with E-state index >= 15 is 0 Å². The number of aryl methyl sites for hydroxylation is 1. The predicted molar refractivity (Wildman–Crippen MR) is 118 cm³/mol. The van der Waals surface area contributed by atoms with Crippen molar-refractivity contribution in [2.45, 2.75) is 52.6 Å². The van der Waals surface area contributed by atoms with E-state index in [1.165, 1.54) is 16.5 Å². The lowest BCUT2D eigenvalue weighted by molar-refractivity contribution is -0.122. The summed E-state index contributed by atoms with van der Waals surface area (Å²) in [6.45, 7) is 9.32. The molecule has 0 aliphatic rings. The second kappa shape index (κ2) is 8.83. The van der Waals surface area contributed by atoms with Crippen LogP contribution in [0.4, 0.5) is 0 Å². The molecular weight excluding hydrogens is 368 g/mol. The minimum Gasteiger partial charge on any atom is -0.353 e. The van der Waals surface area contributed by atoms with E-state index in [4.69, 9.17) is 11.6 Å². The Balaban J connectivity index is 2.04. The van der Waals surface area contributed by atoms with Gasteiger partial charge in [0.05, 0.1) is 0 Å². The number of aromatic nitrogens is 1. The molecule has 0 saturated carbocycles. The number of benzene rings is 2. The maximum Gasteiger partial charge on any atom is 0.221 e. The largest absolute Gasteiger partial charge is 0.353 e. The van der Waals surface area contributed by atoms with Gasteiger partial charge >= 0.3 is 0 Å². The van der Waals surface area contributed by atoms with Gasteiger partial charge in [0, 0.05) is 47.0 Å². The van der Waals surface area contributed by atoms with Gasteiger partial charge in [-0.15, -0.1) is 0 Å². The van der Waals surface area contributed by atoms with E-state index in [0.29, 0.717) is 17.4 Å². The van der Waals surface area contributed by atoms with E-state index in [-0.39, 0.29) is 17.9 Å². The van der Waals surface area contributed by atoms with Crippen LogP contribution in [0.2, 0.25) is 5.02 Å². The molecule has 2 aromatic carbocycles. The molecule has 1 N–H and O–H groups in total. The highest BCUT2D eigenvalue weighted by Crippen LogP contribution is 2.35. The number of carbonyl (C=O) groups is 1. The lowest BCUT2D eigenvalue weighted by Crippen LogP contribution is -2.36. The number of carbonyl (C=O) groups excluding carboxylic acids is 1. The molecule has 0 radical (unpaired) electrons. The molecule has 0 bridgehead atoms. The Hall–Kier alpha value is -2.26. The van der Waals surface area contributed by atoms with Crippen molar-refractivity contribution in [3.05, 3.63) is 70.9 Å². The lowest BCUT2D eigenvalue weighted by Gasteiger charge is -2.21. The molecule has 0 saturated heterocycles. The van der Waals surface area contributed by atoms with Crippen LogP contribution in [-0.2, 0) is 11.3 Å². The zero-order valence-corrected chi connectivity index (χ0v) is 17.8. The van der Waals surface area contributed by atoms with Crippen molar-refractivity contribution in [3.63, 3.8) is 0 Å². The Kier molecular flexibility index (Phi) is 6.46. The Morgan fingerprint density at radius 3 is 2.54 bits per heavy atom. The van der Waals surface area contributed by atoms with Crippen molar-refractivity contribution in [2.24, 2.45) is 5.92 Å². The third-order valence-electron chi connectivity index (χ3n) is 5.56. The molecule has 0 aliphatic heterocycles. The van der Waals surface area contributed by atoms with Crippen molar-refractivity contribution >= 4 is 28.4 Å². The molecule has 1 amide bonds. The van der Waals surface area contributed by atoms with Crippen LogP contribution in [-0.4, -0.2) is 16.5 Å². The summed E-state index contributed by atoms with van der Waals surface area (Å²) >= 11 is 6.28. The minimum absolute atomic E-state index is 0.0456. The van der Waals surface area contributed by atoms with Gasteiger partial charge < -0.3 is 9.88 Å². The molecule has 28 heavy (non-hydrogen) atoms. The molecule has 2 unspecified atom stereocenters. The second-order valence-corrected chi connectivity index (χ2v) is 8.24. The Bertz CT molecular complexity index is 960. The maximum absolute atomic E-state index is 12.9. The van der Waals surface area contributed by atoms with E-state index in [0.717, 1.165) is 12.1 Å². The first-order valence-electron chi connectivity index (χ1n) is 10.0. The predicted octanol–water partition coefficient (Wildman–Crippen LogP) is 6.00. The van der Waals surface area contributed by atoms with Gasteiger partial charge in [-0.05, 0) is 49.1 Å². The zero-order valence-electron chi connectivity index (χ0n) is 17.1. The fraction of sp³-hybridized carbons (Fsp3) is 0.375. The van der Waals surface area contributed by atoms with Crippen LogP contribution in [0.1, 0.15) is 51.2 Å². The molecule has 1 heterocycles. The summed E-state index contributed by atoms with van der Waals surface area (Å²) in [5.74, 6) is 0.422. The van der Waals surface area contributed by atoms with Crippen LogP contribution in [0.5, 0.6) is 0 Å². The fourth-order valence-corrected chi connectivity index (χ4v) is 3.81. The summed E-state index contributed by atoms with van der Waals surface area (Å²) in [7, 11) is 0. The number of hydrogen-bond donors (Lipinski definition) is 1. The van der Waals surface area contributed by atoms with Gasteiger partial charge in [-0.1, -0.05) is 55.8 Å². The molecule has 4 heteroatoms. The molecule has 0 fully saturated rings. The van der Waals surface area contributed by atoms with Gasteiger partial charge in [0.2, 0.25) is 5.91 Å². The van der Waals surface area contributed by atoms with E-state index in [1.54, 1.807) is 0 Å². The molecular formula is C24H29ClN2O. The van der Waals surface area contributed by atoms with E-state index in [2.05, 4.69) is 74.1 Å². The van der Waals surface area contributed by atoms with Gasteiger partial charge in [0.1, 0.15) is 0 Å². The van der Waals surface area contributed by atoms with E-state index in [1.807, 2.05) is 18.2 Å². The Labute approximate surface area is 172 Å². The number of para-hydroxylation sites is 1. The Morgan fingerprint density at radius 2 is 1.86 bits per heavy atom. The third kappa shape index (κ3) is 4.41. The topological polar surface area (TPSA) is 34.0 Å². The summed E-state index contributed by atoms with van der Waals surface area (Å²) in [6.07, 6.45) is 2.59. The molecule has 1 aromatic heterocycles. The minimum atomic E-state index is -0.0456. The number of halogens is 1. The highest BCUT2D eigenvalue weighted by atomic mass is 35.5. The van der Waals surface area contributed by atoms with Crippen LogP contribution >= 0.6 is 11.6 Å². The van der Waals surface area contributed by atoms with Gasteiger partial charge in [-0.2, -0.15) is 0 Å². The summed E-state index contributed by atoms with van der Waals surface area (Å²) in [5.41, 5.74) is 3.44. The van der Waals surface area contributed by atoms with E-state index in [9.17, 15) is 4.79 Å². The summed E-state index contributed by atoms with van der Waals surface area (Å²) < 4.78 is 2.25. The first-order chi connectivity index (χ1) is 13.4. The van der Waals surface area contributed by atoms with Crippen LogP contribution in [0.25, 0.3) is 10.9 Å². The first-order valence-corrected chi connectivity index (χ1v) is 10.4. The monoisotopic (exact) mass is 396 g/mol. The summed E-state index contributed by atoms with van der Waals surface area (Å²) in [5, 5.41) is 5.04. The molecule has 3 aromatic rings. The quantitative estimate of drug-likeness (QED) is 0.522. The van der Waals surface area contributed by atoms with Crippen LogP contribution < -0.4 is 5.32 Å². The van der Waals surface area contributed by atoms with Crippen molar-refractivity contribution in [2.75, 3.05) is 0 Å². The Morgan fingerprint density at radius 1 is 1.11 bits per heavy atom. The van der Waals surface area contributed by atoms with Gasteiger partial charge in [0.15, 0.2) is 0 Å². The number of nitrogens with zero attached hydrogens (tertiary/aromatic N) is 1. The molecule has 0 spiro atoms. The highest BCUT2D eigenvalue weighted by Gasteiger charge is 2.23.